The topological polar surface area (TPSA) is 114 Å². The molecule has 8 nitrogen and oxygen atoms in total. The van der Waals surface area contributed by atoms with Crippen LogP contribution >= 0.6 is 0 Å². The smallest absolute Gasteiger partial charge is 0.339 e. The highest BCUT2D eigenvalue weighted by molar-refractivity contribution is 5.99. The first-order valence-electron chi connectivity index (χ1n) is 9.17. The Hall–Kier alpha value is -3.68. The van der Waals surface area contributed by atoms with Gasteiger partial charge in [-0.25, -0.2) is 9.59 Å². The molecule has 0 saturated heterocycles. The van der Waals surface area contributed by atoms with Crippen molar-refractivity contribution in [1.29, 1.82) is 0 Å². The molecule has 8 heteroatoms. The van der Waals surface area contributed by atoms with Gasteiger partial charge in [0.15, 0.2) is 0 Å². The van der Waals surface area contributed by atoms with Crippen molar-refractivity contribution in [3.8, 4) is 0 Å². The lowest BCUT2D eigenvalue weighted by Crippen LogP contribution is -2.41. The molecule has 2 aromatic rings. The lowest BCUT2D eigenvalue weighted by Gasteiger charge is -2.17. The van der Waals surface area contributed by atoms with Gasteiger partial charge in [-0.15, -0.1) is 0 Å². The van der Waals surface area contributed by atoms with Crippen LogP contribution in [-0.4, -0.2) is 30.9 Å². The van der Waals surface area contributed by atoms with Gasteiger partial charge in [-0.05, 0) is 37.1 Å². The highest BCUT2D eigenvalue weighted by Crippen LogP contribution is 2.30. The molecule has 0 aliphatic heterocycles. The first-order chi connectivity index (χ1) is 14.0. The number of carbonyl (C=O) groups is 4. The van der Waals surface area contributed by atoms with Crippen LogP contribution in [0.2, 0.25) is 0 Å². The Morgan fingerprint density at radius 3 is 2.21 bits per heavy atom. The van der Waals surface area contributed by atoms with Crippen LogP contribution in [0.25, 0.3) is 0 Å². The molecule has 0 heterocycles. The quantitative estimate of drug-likeness (QED) is 0.650. The minimum atomic E-state index is -1.30. The van der Waals surface area contributed by atoms with Crippen LogP contribution in [0, 0.1) is 5.92 Å². The summed E-state index contributed by atoms with van der Waals surface area (Å²) in [6.45, 7) is 0. The van der Waals surface area contributed by atoms with Gasteiger partial charge < -0.3 is 15.4 Å². The van der Waals surface area contributed by atoms with E-state index < -0.39 is 24.0 Å². The number of benzene rings is 2. The predicted octanol–water partition coefficient (Wildman–Crippen LogP) is 2.39. The van der Waals surface area contributed by atoms with Crippen molar-refractivity contribution in [2.45, 2.75) is 18.9 Å². The molecule has 2 aromatic carbocycles. The van der Waals surface area contributed by atoms with Gasteiger partial charge in [0.25, 0.3) is 5.91 Å². The second-order valence-corrected chi connectivity index (χ2v) is 6.61. The Kier molecular flexibility index (Phi) is 6.23. The van der Waals surface area contributed by atoms with Gasteiger partial charge in [-0.3, -0.25) is 14.9 Å². The van der Waals surface area contributed by atoms with Crippen LogP contribution in [0.15, 0.2) is 54.6 Å². The molecule has 1 aliphatic carbocycles. The Bertz CT molecular complexity index is 908. The van der Waals surface area contributed by atoms with Crippen molar-refractivity contribution in [2.75, 3.05) is 12.4 Å². The Morgan fingerprint density at radius 1 is 0.966 bits per heavy atom. The zero-order valence-corrected chi connectivity index (χ0v) is 15.8. The lowest BCUT2D eigenvalue weighted by atomic mass is 10.1. The van der Waals surface area contributed by atoms with Crippen molar-refractivity contribution in [3.05, 3.63) is 65.7 Å². The molecular weight excluding hydrogens is 374 g/mol. The molecule has 0 spiro atoms. The van der Waals surface area contributed by atoms with E-state index in [2.05, 4.69) is 16.0 Å². The third-order valence-electron chi connectivity index (χ3n) is 4.37. The monoisotopic (exact) mass is 395 g/mol. The Morgan fingerprint density at radius 2 is 1.62 bits per heavy atom. The van der Waals surface area contributed by atoms with Crippen molar-refractivity contribution >= 4 is 29.5 Å². The van der Waals surface area contributed by atoms with Crippen LogP contribution in [0.3, 0.4) is 0 Å². The molecule has 1 unspecified atom stereocenters. The summed E-state index contributed by atoms with van der Waals surface area (Å²) in [5.41, 5.74) is 1.22. The SMILES string of the molecule is CNC(=O)NC(=O)C(OC(=O)c1ccc(NC(=O)C2CC2)cc1)c1ccccc1. The third kappa shape index (κ3) is 5.41. The van der Waals surface area contributed by atoms with Crippen LogP contribution in [0.5, 0.6) is 0 Å². The molecule has 0 aromatic heterocycles. The van der Waals surface area contributed by atoms with Crippen molar-refractivity contribution in [1.82, 2.24) is 10.6 Å². The minimum Gasteiger partial charge on any atom is -0.444 e. The average molecular weight is 395 g/mol. The van der Waals surface area contributed by atoms with Crippen LogP contribution in [-0.2, 0) is 14.3 Å². The molecule has 3 N–H and O–H groups in total. The van der Waals surface area contributed by atoms with Gasteiger partial charge in [0, 0.05) is 24.2 Å². The van der Waals surface area contributed by atoms with E-state index in [1.807, 2.05) is 0 Å². The maximum atomic E-state index is 12.5. The van der Waals surface area contributed by atoms with Gasteiger partial charge in [0.05, 0.1) is 5.56 Å². The number of nitrogens with one attached hydrogen (secondary N) is 3. The molecule has 150 valence electrons. The summed E-state index contributed by atoms with van der Waals surface area (Å²) in [7, 11) is 1.37. The fraction of sp³-hybridized carbons (Fsp3) is 0.238. The second kappa shape index (κ2) is 9.01. The predicted molar refractivity (Wildman–Crippen MR) is 105 cm³/mol. The summed E-state index contributed by atoms with van der Waals surface area (Å²) in [4.78, 5) is 48.3. The third-order valence-corrected chi connectivity index (χ3v) is 4.37. The first kappa shape index (κ1) is 20.1. The van der Waals surface area contributed by atoms with E-state index in [4.69, 9.17) is 4.74 Å². The lowest BCUT2D eigenvalue weighted by molar-refractivity contribution is -0.129. The standard InChI is InChI=1S/C21H21N3O5/c1-22-21(28)24-19(26)17(13-5-3-2-4-6-13)29-20(27)15-9-11-16(12-10-15)23-18(25)14-7-8-14/h2-6,9-12,14,17H,7-8H2,1H3,(H,23,25)(H2,22,24,26,28). The Labute approximate surface area is 167 Å². The van der Waals surface area contributed by atoms with Gasteiger partial charge in [0.1, 0.15) is 0 Å². The zero-order valence-electron chi connectivity index (χ0n) is 15.8. The maximum Gasteiger partial charge on any atom is 0.339 e. The van der Waals surface area contributed by atoms with E-state index >= 15 is 0 Å². The molecular formula is C21H21N3O5. The van der Waals surface area contributed by atoms with E-state index in [-0.39, 0.29) is 17.4 Å². The van der Waals surface area contributed by atoms with Gasteiger partial charge in [-0.2, -0.15) is 0 Å². The summed E-state index contributed by atoms with van der Waals surface area (Å²) >= 11 is 0. The largest absolute Gasteiger partial charge is 0.444 e. The molecule has 1 aliphatic rings. The normalized spacial score (nSPS) is 13.7. The molecule has 1 fully saturated rings. The number of ether oxygens (including phenoxy) is 1. The summed E-state index contributed by atoms with van der Waals surface area (Å²) in [5.74, 6) is -1.45. The molecule has 1 saturated carbocycles. The van der Waals surface area contributed by atoms with Gasteiger partial charge in [-0.1, -0.05) is 30.3 Å². The van der Waals surface area contributed by atoms with E-state index in [0.29, 0.717) is 11.3 Å². The van der Waals surface area contributed by atoms with Crippen molar-refractivity contribution < 1.29 is 23.9 Å². The molecule has 4 amide bonds. The van der Waals surface area contributed by atoms with Gasteiger partial charge in [0.2, 0.25) is 12.0 Å². The number of carbonyl (C=O) groups excluding carboxylic acids is 4. The minimum absolute atomic E-state index is 0.0321. The molecule has 0 bridgehead atoms. The molecule has 0 radical (unpaired) electrons. The van der Waals surface area contributed by atoms with Crippen LogP contribution in [0.4, 0.5) is 10.5 Å². The summed E-state index contributed by atoms with van der Waals surface area (Å²) < 4.78 is 5.38. The molecule has 3 rings (SSSR count). The number of imide groups is 1. The van der Waals surface area contributed by atoms with Crippen LogP contribution < -0.4 is 16.0 Å². The number of rotatable bonds is 6. The fourth-order valence-corrected chi connectivity index (χ4v) is 2.60. The van der Waals surface area contributed by atoms with E-state index in [1.54, 1.807) is 42.5 Å². The number of amides is 4. The number of hydrogen-bond acceptors (Lipinski definition) is 5. The average Bonchev–Trinajstić information content (AvgIpc) is 3.58. The maximum absolute atomic E-state index is 12.5. The van der Waals surface area contributed by atoms with E-state index in [9.17, 15) is 19.2 Å². The van der Waals surface area contributed by atoms with Crippen molar-refractivity contribution in [2.24, 2.45) is 5.92 Å². The molecule has 29 heavy (non-hydrogen) atoms. The summed E-state index contributed by atoms with van der Waals surface area (Å²) in [5, 5.41) is 7.18. The number of esters is 1. The first-order valence-corrected chi connectivity index (χ1v) is 9.17. The highest BCUT2D eigenvalue weighted by Gasteiger charge is 2.30. The number of hydrogen-bond donors (Lipinski definition) is 3. The summed E-state index contributed by atoms with van der Waals surface area (Å²) in [6.07, 6.45) is 0.500. The highest BCUT2D eigenvalue weighted by atomic mass is 16.5. The Balaban J connectivity index is 1.71. The zero-order chi connectivity index (χ0) is 20.8. The van der Waals surface area contributed by atoms with E-state index in [0.717, 1.165) is 12.8 Å². The summed E-state index contributed by atoms with van der Waals surface area (Å²) in [6, 6.07) is 13.9. The number of anilines is 1. The fourth-order valence-electron chi connectivity index (χ4n) is 2.60. The molecule has 1 atom stereocenters. The number of urea groups is 1. The second-order valence-electron chi connectivity index (χ2n) is 6.61. The van der Waals surface area contributed by atoms with Crippen LogP contribution in [0.1, 0.15) is 34.9 Å². The van der Waals surface area contributed by atoms with Crippen molar-refractivity contribution in [3.63, 3.8) is 0 Å². The van der Waals surface area contributed by atoms with E-state index in [1.165, 1.54) is 19.2 Å². The van der Waals surface area contributed by atoms with Gasteiger partial charge >= 0.3 is 12.0 Å².